The molecule has 1 rings (SSSR count). The lowest BCUT2D eigenvalue weighted by molar-refractivity contribution is 0.0995. The van der Waals surface area contributed by atoms with Gasteiger partial charge in [-0.25, -0.2) is 4.79 Å². The molecule has 0 aromatic carbocycles. The normalized spacial score (nSPS) is 11.4. The molecule has 8 nitrogen and oxygen atoms in total. The number of nitrogens with two attached hydrogens (primary N) is 1. The highest BCUT2D eigenvalue weighted by Crippen LogP contribution is 2.31. The molecule has 1 atom stereocenters. The standard InChI is InChI=1S/C13H19N5O3S/c1-4-5-6-8(7-14)21-11-9(10(15)19)12(22-17-11)16-13(20)18(2)3/h8H,4-6H2,1-3H3,(H2,15,19)(H,16,20). The maximum atomic E-state index is 11.7. The van der Waals surface area contributed by atoms with Crippen molar-refractivity contribution in [3.8, 4) is 11.9 Å². The first-order chi connectivity index (χ1) is 10.4. The van der Waals surface area contributed by atoms with Gasteiger partial charge in [0.25, 0.3) is 5.91 Å². The molecule has 1 heterocycles. The Hall–Kier alpha value is -2.34. The quantitative estimate of drug-likeness (QED) is 0.791. The first-order valence-electron chi connectivity index (χ1n) is 6.74. The number of urea groups is 1. The minimum atomic E-state index is -0.773. The molecule has 22 heavy (non-hydrogen) atoms. The molecule has 0 aliphatic carbocycles. The van der Waals surface area contributed by atoms with E-state index in [1.807, 2.05) is 13.0 Å². The summed E-state index contributed by atoms with van der Waals surface area (Å²) in [4.78, 5) is 24.6. The van der Waals surface area contributed by atoms with Crippen LogP contribution in [-0.2, 0) is 0 Å². The van der Waals surface area contributed by atoms with E-state index in [0.29, 0.717) is 6.42 Å². The number of nitrogens with zero attached hydrogens (tertiary/aromatic N) is 3. The van der Waals surface area contributed by atoms with Gasteiger partial charge in [-0.05, 0) is 24.4 Å². The molecule has 3 N–H and O–H groups in total. The average molecular weight is 325 g/mol. The molecule has 0 fully saturated rings. The van der Waals surface area contributed by atoms with Crippen molar-refractivity contribution in [3.05, 3.63) is 5.56 Å². The Labute approximate surface area is 133 Å². The van der Waals surface area contributed by atoms with Crippen LogP contribution >= 0.6 is 11.5 Å². The van der Waals surface area contributed by atoms with Crippen molar-refractivity contribution < 1.29 is 14.3 Å². The van der Waals surface area contributed by atoms with Crippen LogP contribution in [0.5, 0.6) is 5.88 Å². The van der Waals surface area contributed by atoms with Gasteiger partial charge >= 0.3 is 6.03 Å². The topological polar surface area (TPSA) is 121 Å². The first-order valence-corrected chi connectivity index (χ1v) is 7.52. The van der Waals surface area contributed by atoms with Crippen molar-refractivity contribution in [2.45, 2.75) is 32.3 Å². The summed E-state index contributed by atoms with van der Waals surface area (Å²) in [6.45, 7) is 2.00. The first kappa shape index (κ1) is 17.7. The smallest absolute Gasteiger partial charge is 0.321 e. The number of primary amides is 1. The van der Waals surface area contributed by atoms with Crippen LogP contribution in [-0.4, -0.2) is 41.4 Å². The molecule has 1 aromatic rings. The summed E-state index contributed by atoms with van der Waals surface area (Å²) in [5.41, 5.74) is 5.31. The molecule has 0 radical (unpaired) electrons. The monoisotopic (exact) mass is 325 g/mol. The highest BCUT2D eigenvalue weighted by atomic mass is 32.1. The summed E-state index contributed by atoms with van der Waals surface area (Å²) in [5, 5.41) is 11.8. The van der Waals surface area contributed by atoms with Crippen LogP contribution in [0.1, 0.15) is 36.5 Å². The number of nitriles is 1. The number of ether oxygens (including phenoxy) is 1. The molecular weight excluding hydrogens is 306 g/mol. The molecule has 3 amide bonds. The number of nitrogens with one attached hydrogen (secondary N) is 1. The van der Waals surface area contributed by atoms with Crippen LogP contribution in [0.2, 0.25) is 0 Å². The van der Waals surface area contributed by atoms with Gasteiger partial charge in [-0.2, -0.15) is 9.64 Å². The number of hydrogen-bond acceptors (Lipinski definition) is 6. The van der Waals surface area contributed by atoms with Crippen molar-refractivity contribution >= 4 is 28.5 Å². The van der Waals surface area contributed by atoms with Crippen LogP contribution in [0, 0.1) is 11.3 Å². The van der Waals surface area contributed by atoms with E-state index in [9.17, 15) is 9.59 Å². The number of unbranched alkanes of at least 4 members (excludes halogenated alkanes) is 1. The number of carbonyl (C=O) groups excluding carboxylic acids is 2. The van der Waals surface area contributed by atoms with Gasteiger partial charge in [0, 0.05) is 14.1 Å². The summed E-state index contributed by atoms with van der Waals surface area (Å²) in [6, 6.07) is 1.60. The van der Waals surface area contributed by atoms with Crippen molar-refractivity contribution in [3.63, 3.8) is 0 Å². The van der Waals surface area contributed by atoms with Crippen LogP contribution in [0.3, 0.4) is 0 Å². The average Bonchev–Trinajstić information content (AvgIpc) is 2.85. The summed E-state index contributed by atoms with van der Waals surface area (Å²) in [6.07, 6.45) is 1.56. The van der Waals surface area contributed by atoms with Gasteiger partial charge in [0.15, 0.2) is 6.10 Å². The van der Waals surface area contributed by atoms with E-state index >= 15 is 0 Å². The maximum absolute atomic E-state index is 11.7. The zero-order valence-corrected chi connectivity index (χ0v) is 13.6. The summed E-state index contributed by atoms with van der Waals surface area (Å²) < 4.78 is 9.43. The third kappa shape index (κ3) is 4.60. The minimum Gasteiger partial charge on any atom is -0.458 e. The molecule has 0 spiro atoms. The van der Waals surface area contributed by atoms with Crippen molar-refractivity contribution in [1.29, 1.82) is 5.26 Å². The molecule has 0 saturated heterocycles. The fourth-order valence-electron chi connectivity index (χ4n) is 1.54. The van der Waals surface area contributed by atoms with Crippen molar-refractivity contribution in [1.82, 2.24) is 9.27 Å². The van der Waals surface area contributed by atoms with E-state index in [4.69, 9.17) is 15.7 Å². The number of anilines is 1. The lowest BCUT2D eigenvalue weighted by Crippen LogP contribution is -2.28. The fourth-order valence-corrected chi connectivity index (χ4v) is 2.26. The lowest BCUT2D eigenvalue weighted by atomic mass is 10.2. The summed E-state index contributed by atoms with van der Waals surface area (Å²) >= 11 is 0.883. The second-order valence-electron chi connectivity index (χ2n) is 4.76. The van der Waals surface area contributed by atoms with Crippen molar-refractivity contribution in [2.24, 2.45) is 5.73 Å². The van der Waals surface area contributed by atoms with Gasteiger partial charge in [-0.3, -0.25) is 10.1 Å². The van der Waals surface area contributed by atoms with Gasteiger partial charge < -0.3 is 15.4 Å². The zero-order valence-electron chi connectivity index (χ0n) is 12.8. The zero-order chi connectivity index (χ0) is 16.7. The SMILES string of the molecule is CCCCC(C#N)Oc1nsc(NC(=O)N(C)C)c1C(N)=O. The lowest BCUT2D eigenvalue weighted by Gasteiger charge is -2.12. The molecular formula is C13H19N5O3S. The third-order valence-corrected chi connectivity index (χ3v) is 3.50. The van der Waals surface area contributed by atoms with Gasteiger partial charge in [-0.1, -0.05) is 13.3 Å². The Morgan fingerprint density at radius 1 is 1.55 bits per heavy atom. The van der Waals surface area contributed by atoms with Crippen LogP contribution < -0.4 is 15.8 Å². The van der Waals surface area contributed by atoms with Crippen LogP contribution in [0.15, 0.2) is 0 Å². The molecule has 0 bridgehead atoms. The van der Waals surface area contributed by atoms with E-state index < -0.39 is 18.0 Å². The fraction of sp³-hybridized carbons (Fsp3) is 0.538. The Balaban J connectivity index is 2.97. The number of rotatable bonds is 7. The molecule has 0 aliphatic heterocycles. The maximum Gasteiger partial charge on any atom is 0.321 e. The number of aromatic nitrogens is 1. The molecule has 120 valence electrons. The van der Waals surface area contributed by atoms with E-state index in [2.05, 4.69) is 9.69 Å². The largest absolute Gasteiger partial charge is 0.458 e. The van der Waals surface area contributed by atoms with Gasteiger partial charge in [0.1, 0.15) is 16.6 Å². The molecule has 1 aromatic heterocycles. The number of amides is 3. The second kappa shape index (κ2) is 8.19. The van der Waals surface area contributed by atoms with E-state index in [1.54, 1.807) is 14.1 Å². The van der Waals surface area contributed by atoms with Gasteiger partial charge in [0.05, 0.1) is 0 Å². The summed E-state index contributed by atoms with van der Waals surface area (Å²) in [5.74, 6) is -0.792. The van der Waals surface area contributed by atoms with E-state index in [1.165, 1.54) is 4.90 Å². The Bertz CT molecular complexity index is 579. The Morgan fingerprint density at radius 2 is 2.23 bits per heavy atom. The molecule has 0 saturated carbocycles. The van der Waals surface area contributed by atoms with Crippen LogP contribution in [0.25, 0.3) is 0 Å². The Kier molecular flexibility index (Phi) is 6.59. The minimum absolute atomic E-state index is 0.0167. The van der Waals surface area contributed by atoms with E-state index in [0.717, 1.165) is 24.4 Å². The third-order valence-electron chi connectivity index (χ3n) is 2.75. The number of hydrogen-bond donors (Lipinski definition) is 2. The highest BCUT2D eigenvalue weighted by Gasteiger charge is 2.24. The highest BCUT2D eigenvalue weighted by molar-refractivity contribution is 7.11. The molecule has 0 aliphatic rings. The predicted molar refractivity (Wildman–Crippen MR) is 82.9 cm³/mol. The molecule has 9 heteroatoms. The van der Waals surface area contributed by atoms with Gasteiger partial charge in [-0.15, -0.1) is 0 Å². The van der Waals surface area contributed by atoms with Crippen LogP contribution in [0.4, 0.5) is 9.80 Å². The van der Waals surface area contributed by atoms with E-state index in [-0.39, 0.29) is 16.4 Å². The molecule has 1 unspecified atom stereocenters. The summed E-state index contributed by atoms with van der Waals surface area (Å²) in [7, 11) is 3.13. The second-order valence-corrected chi connectivity index (χ2v) is 5.53. The van der Waals surface area contributed by atoms with Crippen molar-refractivity contribution in [2.75, 3.05) is 19.4 Å². The number of carbonyl (C=O) groups is 2. The predicted octanol–water partition coefficient (Wildman–Crippen LogP) is 1.80. The Morgan fingerprint density at radius 3 is 2.73 bits per heavy atom. The van der Waals surface area contributed by atoms with Gasteiger partial charge in [0.2, 0.25) is 5.88 Å².